The monoisotopic (exact) mass is 286 g/mol. The Hall–Kier alpha value is 1.32. The van der Waals surface area contributed by atoms with Crippen LogP contribution in [0, 0.1) is 59.7 Å². The topological polar surface area (TPSA) is 0 Å². The molecule has 0 fully saturated rings. The van der Waals surface area contributed by atoms with Crippen LogP contribution in [0.4, 0.5) is 0 Å². The quantitative estimate of drug-likeness (QED) is 0.681. The van der Waals surface area contributed by atoms with Gasteiger partial charge >= 0.3 is 39.9 Å². The minimum Gasteiger partial charge on any atom is -0.344 e. The summed E-state index contributed by atoms with van der Waals surface area (Å²) in [7, 11) is 0. The van der Waals surface area contributed by atoms with E-state index in [1.807, 2.05) is 6.92 Å². The van der Waals surface area contributed by atoms with Gasteiger partial charge in [-0.25, -0.2) is 0 Å². The molecule has 0 radical (unpaired) electrons. The van der Waals surface area contributed by atoms with Crippen molar-refractivity contribution in [2.75, 3.05) is 0 Å². The van der Waals surface area contributed by atoms with Gasteiger partial charge in [-0.15, -0.1) is 0 Å². The minimum absolute atomic E-state index is 0. The van der Waals surface area contributed by atoms with Crippen molar-refractivity contribution in [3.63, 3.8) is 0 Å². The summed E-state index contributed by atoms with van der Waals surface area (Å²) in [5.74, 6) is 0.824. The number of hydrogen-bond donors (Lipinski definition) is 0. The van der Waals surface area contributed by atoms with Crippen LogP contribution in [0.5, 0.6) is 0 Å². The predicted molar refractivity (Wildman–Crippen MR) is 45.1 cm³/mol. The third kappa shape index (κ3) is 22.8. The van der Waals surface area contributed by atoms with Gasteiger partial charge in [-0.05, 0) is 0 Å². The Bertz CT molecular complexity index is 31.7. The van der Waals surface area contributed by atoms with Gasteiger partial charge in [0, 0.05) is 0 Å². The van der Waals surface area contributed by atoms with E-state index in [2.05, 4.69) is 27.7 Å². The van der Waals surface area contributed by atoms with Crippen LogP contribution in [0.1, 0.15) is 40.0 Å². The van der Waals surface area contributed by atoms with Crippen molar-refractivity contribution >= 4 is 0 Å². The van der Waals surface area contributed by atoms with Crippen LogP contribution in [0.25, 0.3) is 0 Å². The second kappa shape index (κ2) is 16.7. The molecule has 0 aromatic rings. The maximum atomic E-state index is 3.76. The van der Waals surface area contributed by atoms with Crippen molar-refractivity contribution in [3.8, 4) is 0 Å². The number of rotatable bonds is 2. The first kappa shape index (κ1) is 17.4. The Kier molecular flexibility index (Phi) is 29.1. The molecule has 10 heavy (non-hydrogen) atoms. The normalized spacial score (nSPS) is 10.5. The third-order valence-electron chi connectivity index (χ3n) is 1.19. The second-order valence-electron chi connectivity index (χ2n) is 2.30. The van der Waals surface area contributed by atoms with Gasteiger partial charge in [-0.2, -0.15) is 12.8 Å². The molecule has 0 saturated carbocycles. The van der Waals surface area contributed by atoms with Gasteiger partial charge in [0.15, 0.2) is 0 Å². The summed E-state index contributed by atoms with van der Waals surface area (Å²) in [5.41, 5.74) is 0. The summed E-state index contributed by atoms with van der Waals surface area (Å²) >= 11 is 0. The summed E-state index contributed by atoms with van der Waals surface area (Å²) in [6, 6.07) is 0. The molecule has 0 nitrogen and oxygen atoms in total. The molecule has 1 heteroatoms. The molecule has 0 aliphatic heterocycles. The summed E-state index contributed by atoms with van der Waals surface area (Å²) < 4.78 is 0. The van der Waals surface area contributed by atoms with E-state index in [9.17, 15) is 0 Å². The first-order chi connectivity index (χ1) is 4.22. The molecule has 0 aromatic carbocycles. The van der Waals surface area contributed by atoms with Crippen molar-refractivity contribution in [3.05, 3.63) is 13.8 Å². The van der Waals surface area contributed by atoms with Gasteiger partial charge in [-0.3, -0.25) is 0 Å². The van der Waals surface area contributed by atoms with Gasteiger partial charge in [0.05, 0.1) is 0 Å². The molecular formula is C9H20Gd. The van der Waals surface area contributed by atoms with Gasteiger partial charge in [0.25, 0.3) is 0 Å². The molecule has 1 unspecified atom stereocenters. The van der Waals surface area contributed by atoms with E-state index in [0.29, 0.717) is 0 Å². The molecule has 0 heterocycles. The zero-order valence-electron chi connectivity index (χ0n) is 7.47. The Balaban J connectivity index is -0.000000107. The standard InChI is InChI=1S/C6H13.C3H7.Gd/c1-4-6(3)5-2;1-3-2;/h6H,1,4-5H2,2-3H3;1,3H2,2H3;/q2*-1;+2. The van der Waals surface area contributed by atoms with Gasteiger partial charge in [0.1, 0.15) is 0 Å². The van der Waals surface area contributed by atoms with Crippen LogP contribution in [0.15, 0.2) is 0 Å². The maximum Gasteiger partial charge on any atom is 2.00 e. The van der Waals surface area contributed by atoms with Gasteiger partial charge in [0.2, 0.25) is 0 Å². The second-order valence-corrected chi connectivity index (χ2v) is 2.30. The number of hydrogen-bond acceptors (Lipinski definition) is 0. The minimum atomic E-state index is 0. The van der Waals surface area contributed by atoms with E-state index in [1.165, 1.54) is 6.42 Å². The average molecular weight is 286 g/mol. The predicted octanol–water partition coefficient (Wildman–Crippen LogP) is 3.49. The Labute approximate surface area is 98.9 Å². The van der Waals surface area contributed by atoms with E-state index < -0.39 is 0 Å². The zero-order valence-corrected chi connectivity index (χ0v) is 9.73. The van der Waals surface area contributed by atoms with Crippen LogP contribution < -0.4 is 0 Å². The average Bonchev–Trinajstić information content (AvgIpc) is 1.88. The molecule has 0 saturated heterocycles. The van der Waals surface area contributed by atoms with Crippen molar-refractivity contribution in [1.29, 1.82) is 0 Å². The molecule has 1 atom stereocenters. The molecule has 0 rings (SSSR count). The Morgan fingerprint density at radius 1 is 1.20 bits per heavy atom. The smallest absolute Gasteiger partial charge is 0.344 e. The summed E-state index contributed by atoms with van der Waals surface area (Å²) in [4.78, 5) is 0. The largest absolute Gasteiger partial charge is 2.00 e. The van der Waals surface area contributed by atoms with E-state index in [4.69, 9.17) is 0 Å². The van der Waals surface area contributed by atoms with Gasteiger partial charge in [-0.1, -0.05) is 33.1 Å². The molecule has 0 aromatic heterocycles. The maximum absolute atomic E-state index is 3.76. The van der Waals surface area contributed by atoms with Gasteiger partial charge < -0.3 is 13.8 Å². The summed E-state index contributed by atoms with van der Waals surface area (Å²) in [5, 5.41) is 0. The first-order valence-corrected chi connectivity index (χ1v) is 3.81. The van der Waals surface area contributed by atoms with Crippen LogP contribution >= 0.6 is 0 Å². The molecule has 64 valence electrons. The van der Waals surface area contributed by atoms with Crippen molar-refractivity contribution in [2.45, 2.75) is 40.0 Å². The van der Waals surface area contributed by atoms with Crippen molar-refractivity contribution < 1.29 is 39.9 Å². The van der Waals surface area contributed by atoms with Crippen molar-refractivity contribution in [1.82, 2.24) is 0 Å². The molecule has 0 spiro atoms. The summed E-state index contributed by atoms with van der Waals surface area (Å²) in [6.07, 6.45) is 3.35. The van der Waals surface area contributed by atoms with E-state index in [1.54, 1.807) is 0 Å². The zero-order chi connectivity index (χ0) is 7.70. The molecular weight excluding hydrogens is 265 g/mol. The molecule has 0 aliphatic carbocycles. The molecule has 0 amide bonds. The van der Waals surface area contributed by atoms with Crippen LogP contribution in [-0.4, -0.2) is 0 Å². The molecule has 0 N–H and O–H groups in total. The van der Waals surface area contributed by atoms with Crippen LogP contribution in [0.2, 0.25) is 0 Å². The SMILES string of the molecule is [CH2-]CC.[CH2-]CC(C)CC.[Gd+2]. The fourth-order valence-electron chi connectivity index (χ4n) is 0.204. The molecule has 0 aliphatic rings. The Morgan fingerprint density at radius 2 is 1.50 bits per heavy atom. The van der Waals surface area contributed by atoms with E-state index >= 15 is 0 Å². The van der Waals surface area contributed by atoms with E-state index in [-0.39, 0.29) is 39.9 Å². The first-order valence-electron chi connectivity index (χ1n) is 3.81. The fraction of sp³-hybridized carbons (Fsp3) is 0.778. The van der Waals surface area contributed by atoms with E-state index in [0.717, 1.165) is 18.8 Å². The van der Waals surface area contributed by atoms with Crippen molar-refractivity contribution in [2.24, 2.45) is 5.92 Å². The third-order valence-corrected chi connectivity index (χ3v) is 1.19. The summed E-state index contributed by atoms with van der Waals surface area (Å²) in [6.45, 7) is 13.7. The molecule has 0 bridgehead atoms. The van der Waals surface area contributed by atoms with Crippen LogP contribution in [-0.2, 0) is 0 Å². The Morgan fingerprint density at radius 3 is 1.50 bits per heavy atom. The fourth-order valence-corrected chi connectivity index (χ4v) is 0.204. The van der Waals surface area contributed by atoms with Crippen LogP contribution in [0.3, 0.4) is 0 Å².